The van der Waals surface area contributed by atoms with Crippen molar-refractivity contribution in [3.8, 4) is 6.07 Å². The molecule has 1 amide bonds. The summed E-state index contributed by atoms with van der Waals surface area (Å²) >= 11 is 1.29. The Morgan fingerprint density at radius 3 is 2.83 bits per heavy atom. The molecular formula is C11H17N5OS. The lowest BCUT2D eigenvalue weighted by molar-refractivity contribution is -0.120. The second-order valence-electron chi connectivity index (χ2n) is 4.53. The van der Waals surface area contributed by atoms with Gasteiger partial charge in [-0.3, -0.25) is 4.79 Å². The molecule has 0 bridgehead atoms. The molecular weight excluding hydrogens is 250 g/mol. The summed E-state index contributed by atoms with van der Waals surface area (Å²) in [6.07, 6.45) is 1.58. The van der Waals surface area contributed by atoms with Gasteiger partial charge in [0.15, 0.2) is 5.16 Å². The Kier molecular flexibility index (Phi) is 4.73. The summed E-state index contributed by atoms with van der Waals surface area (Å²) in [4.78, 5) is 11.8. The predicted octanol–water partition coefficient (Wildman–Crippen LogP) is 0.962. The smallest absolute Gasteiger partial charge is 0.231 e. The number of aryl methyl sites for hydroxylation is 1. The van der Waals surface area contributed by atoms with Crippen molar-refractivity contribution in [1.29, 1.82) is 5.26 Å². The van der Waals surface area contributed by atoms with Gasteiger partial charge < -0.3 is 9.88 Å². The van der Waals surface area contributed by atoms with Crippen LogP contribution in [-0.4, -0.2) is 32.0 Å². The number of carbonyl (C=O) groups excluding carboxylic acids is 1. The Bertz CT molecular complexity index is 464. The standard InChI is InChI=1S/C11H17N5OS/c1-8(2)11(3,6-12)14-9(17)5-18-10-15-13-7-16(10)4/h7-8H,5H2,1-4H3,(H,14,17). The van der Waals surface area contributed by atoms with Gasteiger partial charge in [-0.1, -0.05) is 25.6 Å². The Hall–Kier alpha value is -1.55. The fourth-order valence-electron chi connectivity index (χ4n) is 1.16. The van der Waals surface area contributed by atoms with Gasteiger partial charge in [-0.25, -0.2) is 0 Å². The van der Waals surface area contributed by atoms with Crippen molar-refractivity contribution in [2.75, 3.05) is 5.75 Å². The van der Waals surface area contributed by atoms with Crippen LogP contribution in [0.3, 0.4) is 0 Å². The summed E-state index contributed by atoms with van der Waals surface area (Å²) in [6.45, 7) is 5.53. The highest BCUT2D eigenvalue weighted by Crippen LogP contribution is 2.17. The highest BCUT2D eigenvalue weighted by atomic mass is 32.2. The number of nitrogens with one attached hydrogen (secondary N) is 1. The Morgan fingerprint density at radius 2 is 2.39 bits per heavy atom. The number of thioether (sulfide) groups is 1. The van der Waals surface area contributed by atoms with Crippen LogP contribution >= 0.6 is 11.8 Å². The molecule has 1 aromatic heterocycles. The average Bonchev–Trinajstić information content (AvgIpc) is 2.72. The van der Waals surface area contributed by atoms with Crippen LogP contribution in [0.4, 0.5) is 0 Å². The van der Waals surface area contributed by atoms with Crippen LogP contribution in [0, 0.1) is 17.2 Å². The maximum Gasteiger partial charge on any atom is 0.231 e. The van der Waals surface area contributed by atoms with E-state index < -0.39 is 5.54 Å². The Balaban J connectivity index is 2.53. The molecule has 1 atom stereocenters. The third kappa shape index (κ3) is 3.47. The van der Waals surface area contributed by atoms with Gasteiger partial charge in [0, 0.05) is 7.05 Å². The molecule has 1 aromatic rings. The molecule has 98 valence electrons. The quantitative estimate of drug-likeness (QED) is 0.803. The highest BCUT2D eigenvalue weighted by Gasteiger charge is 2.29. The van der Waals surface area contributed by atoms with E-state index in [1.165, 1.54) is 11.8 Å². The van der Waals surface area contributed by atoms with Crippen molar-refractivity contribution in [2.24, 2.45) is 13.0 Å². The molecule has 1 unspecified atom stereocenters. The Morgan fingerprint density at radius 1 is 1.72 bits per heavy atom. The van der Waals surface area contributed by atoms with Crippen LogP contribution in [0.25, 0.3) is 0 Å². The Labute approximate surface area is 111 Å². The van der Waals surface area contributed by atoms with Gasteiger partial charge in [0.25, 0.3) is 0 Å². The normalized spacial score (nSPS) is 14.0. The fraction of sp³-hybridized carbons (Fsp3) is 0.636. The molecule has 0 aliphatic carbocycles. The van der Waals surface area contributed by atoms with Gasteiger partial charge in [0.05, 0.1) is 11.8 Å². The largest absolute Gasteiger partial charge is 0.337 e. The zero-order chi connectivity index (χ0) is 13.8. The number of nitrogens with zero attached hydrogens (tertiary/aromatic N) is 4. The molecule has 7 heteroatoms. The lowest BCUT2D eigenvalue weighted by atomic mass is 9.90. The van der Waals surface area contributed by atoms with Crippen LogP contribution in [-0.2, 0) is 11.8 Å². The lowest BCUT2D eigenvalue weighted by Crippen LogP contribution is -2.49. The van der Waals surface area contributed by atoms with E-state index in [0.29, 0.717) is 5.16 Å². The second kappa shape index (κ2) is 5.87. The van der Waals surface area contributed by atoms with Crippen LogP contribution < -0.4 is 5.32 Å². The van der Waals surface area contributed by atoms with E-state index in [1.807, 2.05) is 20.9 Å². The number of nitriles is 1. The number of hydrogen-bond donors (Lipinski definition) is 1. The first-order valence-corrected chi connectivity index (χ1v) is 6.56. The zero-order valence-electron chi connectivity index (χ0n) is 11.0. The molecule has 0 aliphatic heterocycles. The molecule has 0 saturated carbocycles. The van der Waals surface area contributed by atoms with E-state index >= 15 is 0 Å². The molecule has 0 fully saturated rings. The summed E-state index contributed by atoms with van der Waals surface area (Å²) < 4.78 is 1.74. The summed E-state index contributed by atoms with van der Waals surface area (Å²) in [6, 6.07) is 2.14. The molecule has 0 aromatic carbocycles. The van der Waals surface area contributed by atoms with Crippen molar-refractivity contribution in [2.45, 2.75) is 31.5 Å². The van der Waals surface area contributed by atoms with Gasteiger partial charge >= 0.3 is 0 Å². The average molecular weight is 267 g/mol. The maximum atomic E-state index is 11.8. The molecule has 1 heterocycles. The van der Waals surface area contributed by atoms with Crippen molar-refractivity contribution in [1.82, 2.24) is 20.1 Å². The second-order valence-corrected chi connectivity index (χ2v) is 5.47. The summed E-state index contributed by atoms with van der Waals surface area (Å²) in [5, 5.41) is 20.1. The molecule has 1 N–H and O–H groups in total. The van der Waals surface area contributed by atoms with E-state index in [1.54, 1.807) is 17.8 Å². The number of amides is 1. The van der Waals surface area contributed by atoms with Crippen LogP contribution in [0.15, 0.2) is 11.5 Å². The van der Waals surface area contributed by atoms with Crippen molar-refractivity contribution < 1.29 is 4.79 Å². The van der Waals surface area contributed by atoms with Crippen LogP contribution in [0.1, 0.15) is 20.8 Å². The molecule has 0 radical (unpaired) electrons. The van der Waals surface area contributed by atoms with E-state index in [0.717, 1.165) is 0 Å². The third-order valence-corrected chi connectivity index (χ3v) is 3.82. The predicted molar refractivity (Wildman–Crippen MR) is 68.7 cm³/mol. The van der Waals surface area contributed by atoms with E-state index in [2.05, 4.69) is 21.6 Å². The van der Waals surface area contributed by atoms with Gasteiger partial charge in [-0.05, 0) is 12.8 Å². The topological polar surface area (TPSA) is 83.6 Å². The minimum Gasteiger partial charge on any atom is -0.337 e. The van der Waals surface area contributed by atoms with Crippen molar-refractivity contribution in [3.63, 3.8) is 0 Å². The molecule has 0 spiro atoms. The number of carbonyl (C=O) groups is 1. The highest BCUT2D eigenvalue weighted by molar-refractivity contribution is 7.99. The maximum absolute atomic E-state index is 11.8. The third-order valence-electron chi connectivity index (χ3n) is 2.79. The molecule has 1 rings (SSSR count). The number of rotatable bonds is 5. The molecule has 18 heavy (non-hydrogen) atoms. The van der Waals surface area contributed by atoms with Crippen LogP contribution in [0.5, 0.6) is 0 Å². The number of aromatic nitrogens is 3. The summed E-state index contributed by atoms with van der Waals surface area (Å²) in [5.74, 6) is 0.0864. The van der Waals surface area contributed by atoms with Crippen LogP contribution in [0.2, 0.25) is 0 Å². The fourth-order valence-corrected chi connectivity index (χ4v) is 1.85. The SMILES string of the molecule is CC(C)C(C)(C#N)NC(=O)CSc1nncn1C. The summed E-state index contributed by atoms with van der Waals surface area (Å²) in [7, 11) is 1.81. The minimum atomic E-state index is -0.836. The molecule has 0 saturated heterocycles. The van der Waals surface area contributed by atoms with E-state index in [9.17, 15) is 4.79 Å². The van der Waals surface area contributed by atoms with Gasteiger partial charge in [-0.15, -0.1) is 10.2 Å². The van der Waals surface area contributed by atoms with Gasteiger partial charge in [0.2, 0.25) is 5.91 Å². The first kappa shape index (κ1) is 14.5. The van der Waals surface area contributed by atoms with Gasteiger partial charge in [-0.2, -0.15) is 5.26 Å². The van der Waals surface area contributed by atoms with Crippen molar-refractivity contribution >= 4 is 17.7 Å². The summed E-state index contributed by atoms with van der Waals surface area (Å²) in [5.41, 5.74) is -0.836. The zero-order valence-corrected chi connectivity index (χ0v) is 11.8. The lowest BCUT2D eigenvalue weighted by Gasteiger charge is -2.27. The first-order valence-electron chi connectivity index (χ1n) is 5.58. The molecule has 6 nitrogen and oxygen atoms in total. The monoisotopic (exact) mass is 267 g/mol. The van der Waals surface area contributed by atoms with Gasteiger partial charge in [0.1, 0.15) is 11.9 Å². The van der Waals surface area contributed by atoms with E-state index in [-0.39, 0.29) is 17.6 Å². The number of hydrogen-bond acceptors (Lipinski definition) is 5. The molecule has 0 aliphatic rings. The van der Waals surface area contributed by atoms with Crippen molar-refractivity contribution in [3.05, 3.63) is 6.33 Å². The first-order chi connectivity index (χ1) is 8.39. The van der Waals surface area contributed by atoms with E-state index in [4.69, 9.17) is 5.26 Å². The minimum absolute atomic E-state index is 0.0475.